The van der Waals surface area contributed by atoms with E-state index in [0.29, 0.717) is 12.0 Å². The van der Waals surface area contributed by atoms with Gasteiger partial charge in [0.25, 0.3) is 0 Å². The zero-order valence-electron chi connectivity index (χ0n) is 13.7. The maximum atomic E-state index is 12.1. The fraction of sp³-hybridized carbons (Fsp3) is 0.750. The molecule has 0 saturated carbocycles. The average Bonchev–Trinajstić information content (AvgIpc) is 2.89. The summed E-state index contributed by atoms with van der Waals surface area (Å²) >= 11 is 0. The smallest absolute Gasteiger partial charge is 0.225 e. The van der Waals surface area contributed by atoms with E-state index in [1.807, 2.05) is 42.8 Å². The Balaban J connectivity index is 1.90. The normalized spacial score (nSPS) is 22.8. The molecule has 1 N–H and O–H groups in total. The minimum Gasteiger partial charge on any atom is -0.342 e. The van der Waals surface area contributed by atoms with Crippen molar-refractivity contribution in [2.75, 3.05) is 13.1 Å². The molecule has 2 rings (SSSR count). The van der Waals surface area contributed by atoms with Crippen molar-refractivity contribution < 1.29 is 4.79 Å². The maximum Gasteiger partial charge on any atom is 0.225 e. The molecule has 118 valence electrons. The molecule has 1 amide bonds. The van der Waals surface area contributed by atoms with Gasteiger partial charge >= 0.3 is 0 Å². The molecule has 1 aliphatic rings. The van der Waals surface area contributed by atoms with E-state index in [0.717, 1.165) is 38.3 Å². The van der Waals surface area contributed by atoms with Crippen LogP contribution >= 0.6 is 0 Å². The molecule has 0 spiro atoms. The van der Waals surface area contributed by atoms with E-state index >= 15 is 0 Å². The van der Waals surface area contributed by atoms with E-state index in [-0.39, 0.29) is 11.8 Å². The molecule has 0 bridgehead atoms. The lowest BCUT2D eigenvalue weighted by molar-refractivity contribution is -0.136. The number of carbonyl (C=O) groups excluding carboxylic acids is 1. The Morgan fingerprint density at radius 3 is 2.86 bits per heavy atom. The number of hydrogen-bond acceptors (Lipinski definition) is 3. The molecule has 0 radical (unpaired) electrons. The summed E-state index contributed by atoms with van der Waals surface area (Å²) in [6.45, 7) is 8.72. The summed E-state index contributed by atoms with van der Waals surface area (Å²) in [6.07, 6.45) is 5.93. The number of piperidine rings is 1. The van der Waals surface area contributed by atoms with Gasteiger partial charge in [0, 0.05) is 44.5 Å². The van der Waals surface area contributed by atoms with Crippen molar-refractivity contribution in [1.29, 1.82) is 0 Å². The highest BCUT2D eigenvalue weighted by atomic mass is 16.2. The Bertz CT molecular complexity index is 469. The van der Waals surface area contributed by atoms with E-state index in [1.54, 1.807) is 0 Å². The number of nitrogens with one attached hydrogen (secondary N) is 1. The van der Waals surface area contributed by atoms with Crippen LogP contribution in [-0.2, 0) is 18.4 Å². The number of aromatic nitrogens is 2. The van der Waals surface area contributed by atoms with Crippen molar-refractivity contribution in [2.45, 2.75) is 46.2 Å². The molecule has 1 aliphatic heterocycles. The van der Waals surface area contributed by atoms with Crippen LogP contribution in [0, 0.1) is 11.8 Å². The summed E-state index contributed by atoms with van der Waals surface area (Å²) in [5, 5.41) is 3.63. The molecular weight excluding hydrogens is 264 g/mol. The fourth-order valence-corrected chi connectivity index (χ4v) is 3.07. The van der Waals surface area contributed by atoms with Gasteiger partial charge in [0.05, 0.1) is 6.54 Å². The monoisotopic (exact) mass is 292 g/mol. The van der Waals surface area contributed by atoms with Gasteiger partial charge in [-0.15, -0.1) is 0 Å². The van der Waals surface area contributed by atoms with Crippen LogP contribution in [0.1, 0.15) is 39.4 Å². The minimum absolute atomic E-state index is 0.0968. The molecule has 2 heterocycles. The molecule has 1 fully saturated rings. The SMILES string of the molecule is CC[C@H]1CN(C(=O)C(C)C)CC[C@H]1NCc1nccn1C. The number of rotatable bonds is 5. The number of hydrogen-bond donors (Lipinski definition) is 1. The van der Waals surface area contributed by atoms with E-state index in [9.17, 15) is 4.79 Å². The molecule has 1 aromatic heterocycles. The summed E-state index contributed by atoms with van der Waals surface area (Å²) < 4.78 is 2.05. The van der Waals surface area contributed by atoms with Gasteiger partial charge in [-0.1, -0.05) is 27.2 Å². The molecule has 0 aromatic carbocycles. The molecule has 2 atom stereocenters. The molecule has 1 saturated heterocycles. The first kappa shape index (κ1) is 16.0. The van der Waals surface area contributed by atoms with E-state index < -0.39 is 0 Å². The van der Waals surface area contributed by atoms with Crippen LogP contribution in [0.25, 0.3) is 0 Å². The Hall–Kier alpha value is -1.36. The van der Waals surface area contributed by atoms with Gasteiger partial charge in [0.1, 0.15) is 5.82 Å². The van der Waals surface area contributed by atoms with Crippen molar-refractivity contribution in [3.05, 3.63) is 18.2 Å². The van der Waals surface area contributed by atoms with Gasteiger partial charge in [0.2, 0.25) is 5.91 Å². The van der Waals surface area contributed by atoms with Gasteiger partial charge in [-0.25, -0.2) is 4.98 Å². The van der Waals surface area contributed by atoms with E-state index in [2.05, 4.69) is 17.2 Å². The predicted octanol–water partition coefficient (Wildman–Crippen LogP) is 1.79. The van der Waals surface area contributed by atoms with Crippen molar-refractivity contribution >= 4 is 5.91 Å². The highest BCUT2D eigenvalue weighted by molar-refractivity contribution is 5.78. The van der Waals surface area contributed by atoms with Gasteiger partial charge in [0.15, 0.2) is 0 Å². The molecule has 21 heavy (non-hydrogen) atoms. The molecule has 1 aromatic rings. The van der Waals surface area contributed by atoms with Crippen molar-refractivity contribution in [2.24, 2.45) is 18.9 Å². The van der Waals surface area contributed by atoms with Crippen molar-refractivity contribution in [1.82, 2.24) is 19.8 Å². The van der Waals surface area contributed by atoms with Crippen LogP contribution in [0.3, 0.4) is 0 Å². The largest absolute Gasteiger partial charge is 0.342 e. The predicted molar refractivity (Wildman–Crippen MR) is 83.7 cm³/mol. The highest BCUT2D eigenvalue weighted by Gasteiger charge is 2.30. The second-order valence-corrected chi connectivity index (χ2v) is 6.34. The number of amides is 1. The molecular formula is C16H28N4O. The van der Waals surface area contributed by atoms with Gasteiger partial charge < -0.3 is 14.8 Å². The molecule has 0 unspecified atom stereocenters. The van der Waals surface area contributed by atoms with Crippen LogP contribution in [0.4, 0.5) is 0 Å². The third-order valence-corrected chi connectivity index (χ3v) is 4.51. The summed E-state index contributed by atoms with van der Waals surface area (Å²) in [7, 11) is 2.02. The van der Waals surface area contributed by atoms with Crippen LogP contribution in [-0.4, -0.2) is 39.5 Å². The zero-order chi connectivity index (χ0) is 15.4. The first-order chi connectivity index (χ1) is 10.0. The number of imidazole rings is 1. The van der Waals surface area contributed by atoms with Crippen molar-refractivity contribution in [3.8, 4) is 0 Å². The Morgan fingerprint density at radius 1 is 1.52 bits per heavy atom. The lowest BCUT2D eigenvalue weighted by Gasteiger charge is -2.39. The van der Waals surface area contributed by atoms with Gasteiger partial charge in [-0.2, -0.15) is 0 Å². The van der Waals surface area contributed by atoms with Crippen LogP contribution in [0.2, 0.25) is 0 Å². The third-order valence-electron chi connectivity index (χ3n) is 4.51. The topological polar surface area (TPSA) is 50.2 Å². The quantitative estimate of drug-likeness (QED) is 0.900. The number of nitrogens with zero attached hydrogens (tertiary/aromatic N) is 3. The molecule has 0 aliphatic carbocycles. The fourth-order valence-electron chi connectivity index (χ4n) is 3.07. The first-order valence-electron chi connectivity index (χ1n) is 8.01. The average molecular weight is 292 g/mol. The Kier molecular flexibility index (Phi) is 5.39. The third kappa shape index (κ3) is 3.84. The van der Waals surface area contributed by atoms with E-state index in [1.165, 1.54) is 0 Å². The van der Waals surface area contributed by atoms with Gasteiger partial charge in [-0.05, 0) is 12.3 Å². The van der Waals surface area contributed by atoms with Crippen LogP contribution < -0.4 is 5.32 Å². The van der Waals surface area contributed by atoms with Gasteiger partial charge in [-0.3, -0.25) is 4.79 Å². The number of carbonyl (C=O) groups is 1. The van der Waals surface area contributed by atoms with Crippen LogP contribution in [0.15, 0.2) is 12.4 Å². The lowest BCUT2D eigenvalue weighted by Crippen LogP contribution is -2.51. The Morgan fingerprint density at radius 2 is 2.29 bits per heavy atom. The molecule has 5 heteroatoms. The summed E-state index contributed by atoms with van der Waals surface area (Å²) in [5.74, 6) is 1.97. The summed E-state index contributed by atoms with van der Waals surface area (Å²) in [5.41, 5.74) is 0. The Labute approximate surface area is 127 Å². The maximum absolute atomic E-state index is 12.1. The van der Waals surface area contributed by atoms with E-state index in [4.69, 9.17) is 0 Å². The molecule has 5 nitrogen and oxygen atoms in total. The second kappa shape index (κ2) is 7.07. The number of aryl methyl sites for hydroxylation is 1. The first-order valence-corrected chi connectivity index (χ1v) is 8.01. The number of likely N-dealkylation sites (tertiary alicyclic amines) is 1. The zero-order valence-corrected chi connectivity index (χ0v) is 13.7. The summed E-state index contributed by atoms with van der Waals surface area (Å²) in [6, 6.07) is 0.475. The highest BCUT2D eigenvalue weighted by Crippen LogP contribution is 2.22. The summed E-state index contributed by atoms with van der Waals surface area (Å²) in [4.78, 5) is 18.5. The minimum atomic E-state index is 0.0968. The standard InChI is InChI=1S/C16H28N4O/c1-5-13-11-20(16(21)12(2)3)8-6-14(13)18-10-15-17-7-9-19(15)4/h7,9,12-14,18H,5-6,8,10-11H2,1-4H3/t13-,14+/m0/s1. The lowest BCUT2D eigenvalue weighted by atomic mass is 9.89. The van der Waals surface area contributed by atoms with Crippen molar-refractivity contribution in [3.63, 3.8) is 0 Å². The van der Waals surface area contributed by atoms with Crippen LogP contribution in [0.5, 0.6) is 0 Å². The second-order valence-electron chi connectivity index (χ2n) is 6.34.